The van der Waals surface area contributed by atoms with E-state index in [1.54, 1.807) is 0 Å². The molecule has 3 aliphatic rings. The molecule has 232 valence electrons. The van der Waals surface area contributed by atoms with Crippen molar-refractivity contribution in [2.45, 2.75) is 103 Å². The smallest absolute Gasteiger partial charge is 0.119 e. The monoisotopic (exact) mass is 592 g/mol. The molecule has 1 aliphatic carbocycles. The Morgan fingerprint density at radius 3 is 2.32 bits per heavy atom. The lowest BCUT2D eigenvalue weighted by molar-refractivity contribution is -0.113. The number of ether oxygens (including phenoxy) is 3. The van der Waals surface area contributed by atoms with Crippen molar-refractivity contribution in [2.75, 3.05) is 33.4 Å². The summed E-state index contributed by atoms with van der Waals surface area (Å²) in [4.78, 5) is 0. The van der Waals surface area contributed by atoms with Crippen LogP contribution < -0.4 is 15.4 Å². The van der Waals surface area contributed by atoms with Crippen LogP contribution in [0.5, 0.6) is 5.75 Å². The Bertz CT molecular complexity index is 951. The molecule has 2 heterocycles. The zero-order valence-electron chi connectivity index (χ0n) is 25.7. The number of halogens is 1. The van der Waals surface area contributed by atoms with Gasteiger partial charge in [0.25, 0.3) is 0 Å². The van der Waals surface area contributed by atoms with Gasteiger partial charge in [-0.15, -0.1) is 0 Å². The molecule has 8 heteroatoms. The van der Waals surface area contributed by atoms with Crippen molar-refractivity contribution in [3.05, 3.63) is 64.2 Å². The summed E-state index contributed by atoms with van der Waals surface area (Å²) in [6.07, 6.45) is 6.65. The van der Waals surface area contributed by atoms with Gasteiger partial charge >= 0.3 is 0 Å². The molecule has 1 saturated carbocycles. The highest BCUT2D eigenvalue weighted by Crippen LogP contribution is 2.34. The topological polar surface area (TPSA) is 92.2 Å². The standard InChI is InChI=1S/C24H29ClO5.C5H12N2.2C2H6/c25-23-8-3-17(24-14-19(27)13-22(15-26)30-24)12-18(23)11-16-1-4-20(5-2-16)28-9-10-29-21-6-7-21;1-6-5-3-2-4-7-5;2*1-2/h1-5,8,12,19,21-22,24,26-27H,6-7,9-11,13-15H2;5-7H,2-4H2,1H3;2*1-2H3. The molecule has 2 aromatic carbocycles. The maximum atomic E-state index is 10.1. The van der Waals surface area contributed by atoms with Gasteiger partial charge in [-0.25, -0.2) is 0 Å². The van der Waals surface area contributed by atoms with E-state index in [-0.39, 0.29) is 18.8 Å². The van der Waals surface area contributed by atoms with Crippen LogP contribution in [0.2, 0.25) is 5.02 Å². The average molecular weight is 593 g/mol. The van der Waals surface area contributed by atoms with Crippen LogP contribution in [0.4, 0.5) is 0 Å². The summed E-state index contributed by atoms with van der Waals surface area (Å²) in [5, 5.41) is 26.7. The second kappa shape index (κ2) is 20.2. The average Bonchev–Trinajstić information content (AvgIpc) is 3.69. The minimum Gasteiger partial charge on any atom is -0.491 e. The van der Waals surface area contributed by atoms with Gasteiger partial charge in [0.15, 0.2) is 0 Å². The molecule has 4 unspecified atom stereocenters. The molecule has 2 aliphatic heterocycles. The predicted molar refractivity (Wildman–Crippen MR) is 168 cm³/mol. The number of nitrogens with one attached hydrogen (secondary N) is 2. The van der Waals surface area contributed by atoms with E-state index in [1.807, 2.05) is 77.2 Å². The molecule has 0 bridgehead atoms. The Labute approximate surface area is 252 Å². The van der Waals surface area contributed by atoms with Crippen molar-refractivity contribution in [3.8, 4) is 5.75 Å². The third-order valence-electron chi connectivity index (χ3n) is 6.98. The van der Waals surface area contributed by atoms with E-state index in [0.717, 1.165) is 22.4 Å². The lowest BCUT2D eigenvalue weighted by Gasteiger charge is -2.32. The second-order valence-corrected chi connectivity index (χ2v) is 10.5. The summed E-state index contributed by atoms with van der Waals surface area (Å²) >= 11 is 6.45. The fourth-order valence-corrected chi connectivity index (χ4v) is 4.90. The third kappa shape index (κ3) is 13.0. The van der Waals surface area contributed by atoms with Crippen molar-refractivity contribution in [2.24, 2.45) is 0 Å². The maximum absolute atomic E-state index is 10.1. The van der Waals surface area contributed by atoms with Crippen LogP contribution >= 0.6 is 11.6 Å². The minimum absolute atomic E-state index is 0.0882. The fourth-order valence-electron chi connectivity index (χ4n) is 4.72. The van der Waals surface area contributed by atoms with Gasteiger partial charge in [0.2, 0.25) is 0 Å². The molecule has 5 rings (SSSR count). The Balaban J connectivity index is 0.000000456. The zero-order chi connectivity index (χ0) is 30.0. The van der Waals surface area contributed by atoms with E-state index in [1.165, 1.54) is 32.2 Å². The van der Waals surface area contributed by atoms with E-state index in [4.69, 9.17) is 25.8 Å². The molecule has 0 radical (unpaired) electrons. The van der Waals surface area contributed by atoms with Crippen LogP contribution in [0, 0.1) is 0 Å². The summed E-state index contributed by atoms with van der Waals surface area (Å²) < 4.78 is 17.3. The molecular formula is C33H53ClN2O5. The zero-order valence-corrected chi connectivity index (χ0v) is 26.5. The highest BCUT2D eigenvalue weighted by Gasteiger charge is 2.29. The minimum atomic E-state index is -0.470. The molecule has 4 atom stereocenters. The fraction of sp³-hybridized carbons (Fsp3) is 0.636. The first kappa shape index (κ1) is 35.5. The van der Waals surface area contributed by atoms with Gasteiger partial charge in [0.1, 0.15) is 12.4 Å². The van der Waals surface area contributed by atoms with Gasteiger partial charge in [0.05, 0.1) is 43.8 Å². The van der Waals surface area contributed by atoms with Crippen molar-refractivity contribution >= 4 is 11.6 Å². The van der Waals surface area contributed by atoms with Gasteiger partial charge < -0.3 is 35.1 Å². The molecular weight excluding hydrogens is 540 g/mol. The van der Waals surface area contributed by atoms with Gasteiger partial charge in [-0.3, -0.25) is 0 Å². The second-order valence-electron chi connectivity index (χ2n) is 10.1. The van der Waals surface area contributed by atoms with Gasteiger partial charge in [0, 0.05) is 17.9 Å². The lowest BCUT2D eigenvalue weighted by atomic mass is 9.94. The summed E-state index contributed by atoms with van der Waals surface area (Å²) in [6, 6.07) is 13.9. The summed E-state index contributed by atoms with van der Waals surface area (Å²) in [5.74, 6) is 0.831. The maximum Gasteiger partial charge on any atom is 0.119 e. The molecule has 2 aromatic rings. The molecule has 2 saturated heterocycles. The van der Waals surface area contributed by atoms with Crippen LogP contribution in [-0.2, 0) is 15.9 Å². The van der Waals surface area contributed by atoms with Crippen LogP contribution in [0.15, 0.2) is 42.5 Å². The van der Waals surface area contributed by atoms with E-state index >= 15 is 0 Å². The first-order valence-electron chi connectivity index (χ1n) is 15.5. The SMILES string of the molecule is CC.CC.CNC1CCCN1.OCC1CC(O)CC(c2ccc(Cl)c(Cc3ccc(OCCOC4CC4)cc3)c2)O1. The predicted octanol–water partition coefficient (Wildman–Crippen LogP) is 6.03. The molecule has 7 nitrogen and oxygen atoms in total. The summed E-state index contributed by atoms with van der Waals surface area (Å²) in [5.41, 5.74) is 3.11. The van der Waals surface area contributed by atoms with Crippen LogP contribution in [0.3, 0.4) is 0 Å². The molecule has 41 heavy (non-hydrogen) atoms. The van der Waals surface area contributed by atoms with E-state index < -0.39 is 6.10 Å². The first-order chi connectivity index (χ1) is 20.0. The number of rotatable bonds is 10. The molecule has 3 fully saturated rings. The van der Waals surface area contributed by atoms with Crippen molar-refractivity contribution in [1.29, 1.82) is 0 Å². The molecule has 0 aromatic heterocycles. The van der Waals surface area contributed by atoms with Crippen molar-refractivity contribution in [3.63, 3.8) is 0 Å². The van der Waals surface area contributed by atoms with Crippen molar-refractivity contribution in [1.82, 2.24) is 10.6 Å². The molecule has 4 N–H and O–H groups in total. The van der Waals surface area contributed by atoms with Crippen LogP contribution in [0.25, 0.3) is 0 Å². The summed E-state index contributed by atoms with van der Waals surface area (Å²) in [7, 11) is 1.99. The molecule has 0 amide bonds. The number of benzene rings is 2. The Kier molecular flexibility index (Phi) is 17.5. The third-order valence-corrected chi connectivity index (χ3v) is 7.35. The number of aliphatic hydroxyl groups is 2. The Morgan fingerprint density at radius 1 is 1.00 bits per heavy atom. The number of aliphatic hydroxyl groups excluding tert-OH is 2. The molecule has 0 spiro atoms. The quantitative estimate of drug-likeness (QED) is 0.250. The largest absolute Gasteiger partial charge is 0.491 e. The van der Waals surface area contributed by atoms with Crippen molar-refractivity contribution < 1.29 is 24.4 Å². The van der Waals surface area contributed by atoms with E-state index in [9.17, 15) is 10.2 Å². The number of hydrogen-bond donors (Lipinski definition) is 4. The normalized spacial score (nSPS) is 23.2. The van der Waals surface area contributed by atoms with Crippen LogP contribution in [-0.4, -0.2) is 68.1 Å². The van der Waals surface area contributed by atoms with Gasteiger partial charge in [-0.2, -0.15) is 0 Å². The van der Waals surface area contributed by atoms with Gasteiger partial charge in [-0.1, -0.05) is 63.6 Å². The summed E-state index contributed by atoms with van der Waals surface area (Å²) in [6.45, 7) is 10.3. The Hall–Kier alpha value is -1.71. The van der Waals surface area contributed by atoms with E-state index in [0.29, 0.717) is 49.8 Å². The van der Waals surface area contributed by atoms with Gasteiger partial charge in [-0.05, 0) is 80.6 Å². The highest BCUT2D eigenvalue weighted by molar-refractivity contribution is 6.31. The lowest BCUT2D eigenvalue weighted by Crippen LogP contribution is -2.34. The van der Waals surface area contributed by atoms with E-state index in [2.05, 4.69) is 10.6 Å². The Morgan fingerprint density at radius 2 is 1.73 bits per heavy atom. The highest BCUT2D eigenvalue weighted by atomic mass is 35.5. The number of hydrogen-bond acceptors (Lipinski definition) is 7. The van der Waals surface area contributed by atoms with Crippen LogP contribution in [0.1, 0.15) is 89.0 Å². The first-order valence-corrected chi connectivity index (χ1v) is 15.9.